The number of nitrogens with zero attached hydrogens (tertiary/aromatic N) is 2. The van der Waals surface area contributed by atoms with Gasteiger partial charge in [-0.25, -0.2) is 0 Å². The van der Waals surface area contributed by atoms with Crippen LogP contribution < -0.4 is 10.2 Å². The summed E-state index contributed by atoms with van der Waals surface area (Å²) in [6, 6.07) is 16.9. The van der Waals surface area contributed by atoms with Crippen LogP contribution in [0.4, 0.5) is 5.69 Å². The molecule has 0 bridgehead atoms. The van der Waals surface area contributed by atoms with Crippen molar-refractivity contribution >= 4 is 55.9 Å². The van der Waals surface area contributed by atoms with Crippen LogP contribution in [0.1, 0.15) is 11.3 Å². The molecule has 0 unspecified atom stereocenters. The van der Waals surface area contributed by atoms with Gasteiger partial charge in [0.15, 0.2) is 0 Å². The highest BCUT2D eigenvalue weighted by atomic mass is 79.9. The second-order valence-electron chi connectivity index (χ2n) is 7.58. The molecule has 2 aromatic heterocycles. The Kier molecular flexibility index (Phi) is 5.45. The standard InChI is InChI=1S/C24H18BrClN4O2/c25-14-4-7-20-18(9-14)19-11-23(32)30(13-22(31)28-12-16-3-1-2-8-27-16)21-10-15(26)5-6-17(21)24(19)29-20/h1-10,29H,11-13H2,(H,28,31). The fourth-order valence-electron chi connectivity index (χ4n) is 4.02. The van der Waals surface area contributed by atoms with Crippen LogP contribution in [0.3, 0.4) is 0 Å². The molecule has 0 saturated carbocycles. The van der Waals surface area contributed by atoms with Gasteiger partial charge >= 0.3 is 0 Å². The number of aromatic nitrogens is 2. The van der Waals surface area contributed by atoms with E-state index in [1.54, 1.807) is 18.3 Å². The molecule has 0 atom stereocenters. The van der Waals surface area contributed by atoms with Gasteiger partial charge in [-0.1, -0.05) is 33.6 Å². The molecule has 8 heteroatoms. The Morgan fingerprint density at radius 1 is 1.19 bits per heavy atom. The fourth-order valence-corrected chi connectivity index (χ4v) is 4.55. The molecule has 0 radical (unpaired) electrons. The maximum absolute atomic E-state index is 13.4. The summed E-state index contributed by atoms with van der Waals surface area (Å²) < 4.78 is 0.936. The van der Waals surface area contributed by atoms with Gasteiger partial charge in [0.1, 0.15) is 6.54 Å². The van der Waals surface area contributed by atoms with Gasteiger partial charge in [-0.2, -0.15) is 0 Å². The molecule has 160 valence electrons. The number of nitrogens with one attached hydrogen (secondary N) is 2. The maximum Gasteiger partial charge on any atom is 0.240 e. The Hall–Kier alpha value is -3.16. The summed E-state index contributed by atoms with van der Waals surface area (Å²) >= 11 is 9.80. The molecule has 2 aromatic carbocycles. The minimum Gasteiger partial charge on any atom is -0.354 e. The molecule has 0 saturated heterocycles. The lowest BCUT2D eigenvalue weighted by Gasteiger charge is -2.23. The molecular formula is C24H18BrClN4O2. The van der Waals surface area contributed by atoms with Gasteiger partial charge in [0.25, 0.3) is 0 Å². The number of halogens is 2. The fraction of sp³-hybridized carbons (Fsp3) is 0.125. The smallest absolute Gasteiger partial charge is 0.240 e. The predicted molar refractivity (Wildman–Crippen MR) is 129 cm³/mol. The second-order valence-corrected chi connectivity index (χ2v) is 8.94. The number of carbonyl (C=O) groups excluding carboxylic acids is 2. The minimum atomic E-state index is -0.270. The van der Waals surface area contributed by atoms with Gasteiger partial charge in [-0.3, -0.25) is 14.6 Å². The van der Waals surface area contributed by atoms with Crippen molar-refractivity contribution in [3.05, 3.63) is 81.5 Å². The molecule has 4 aromatic rings. The van der Waals surface area contributed by atoms with Crippen LogP contribution in [0.5, 0.6) is 0 Å². The SMILES string of the molecule is O=C(CN1C(=O)Cc2c([nH]c3ccc(Br)cc23)-c2ccc(Cl)cc21)NCc1ccccn1. The molecule has 0 fully saturated rings. The third-order valence-electron chi connectivity index (χ3n) is 5.51. The van der Waals surface area contributed by atoms with E-state index in [-0.39, 0.29) is 24.8 Å². The summed E-state index contributed by atoms with van der Waals surface area (Å²) in [6.45, 7) is 0.187. The average Bonchev–Trinajstić information content (AvgIpc) is 3.08. The normalized spacial score (nSPS) is 12.9. The van der Waals surface area contributed by atoms with Crippen molar-refractivity contribution in [2.45, 2.75) is 13.0 Å². The Bertz CT molecular complexity index is 1350. The van der Waals surface area contributed by atoms with Gasteiger partial charge < -0.3 is 15.2 Å². The summed E-state index contributed by atoms with van der Waals surface area (Å²) in [5, 5.41) is 4.32. The first-order valence-corrected chi connectivity index (χ1v) is 11.2. The first-order valence-electron chi connectivity index (χ1n) is 10.1. The first-order chi connectivity index (χ1) is 15.5. The molecule has 6 nitrogen and oxygen atoms in total. The number of carbonyl (C=O) groups is 2. The van der Waals surface area contributed by atoms with E-state index < -0.39 is 0 Å². The lowest BCUT2D eigenvalue weighted by Crippen LogP contribution is -2.41. The Morgan fingerprint density at radius 2 is 2.06 bits per heavy atom. The van der Waals surface area contributed by atoms with Crippen molar-refractivity contribution in [1.82, 2.24) is 15.3 Å². The second kappa shape index (κ2) is 8.41. The first kappa shape index (κ1) is 20.7. The number of fused-ring (bicyclic) bond motifs is 5. The van der Waals surface area contributed by atoms with E-state index in [9.17, 15) is 9.59 Å². The van der Waals surface area contributed by atoms with E-state index in [1.165, 1.54) is 4.90 Å². The third-order valence-corrected chi connectivity index (χ3v) is 6.24. The van der Waals surface area contributed by atoms with Crippen molar-refractivity contribution in [1.29, 1.82) is 0 Å². The van der Waals surface area contributed by atoms with Crippen LogP contribution in [-0.2, 0) is 22.6 Å². The summed E-state index contributed by atoms with van der Waals surface area (Å²) in [5.41, 5.74) is 4.92. The molecule has 2 N–H and O–H groups in total. The molecule has 0 spiro atoms. The van der Waals surface area contributed by atoms with Crippen molar-refractivity contribution in [3.8, 4) is 11.3 Å². The van der Waals surface area contributed by atoms with Crippen molar-refractivity contribution in [3.63, 3.8) is 0 Å². The van der Waals surface area contributed by atoms with Gasteiger partial charge in [-0.15, -0.1) is 0 Å². The molecule has 5 rings (SSSR count). The van der Waals surface area contributed by atoms with E-state index in [0.717, 1.165) is 37.9 Å². The summed E-state index contributed by atoms with van der Waals surface area (Å²) in [5.74, 6) is -0.436. The van der Waals surface area contributed by atoms with E-state index in [4.69, 9.17) is 11.6 Å². The number of anilines is 1. The summed E-state index contributed by atoms with van der Waals surface area (Å²) in [7, 11) is 0. The Morgan fingerprint density at radius 3 is 2.88 bits per heavy atom. The number of hydrogen-bond donors (Lipinski definition) is 2. The largest absolute Gasteiger partial charge is 0.354 e. The van der Waals surface area contributed by atoms with Gasteiger partial charge in [-0.05, 0) is 54.1 Å². The predicted octanol–water partition coefficient (Wildman–Crippen LogP) is 4.85. The zero-order chi connectivity index (χ0) is 22.2. The van der Waals surface area contributed by atoms with Crippen LogP contribution >= 0.6 is 27.5 Å². The number of hydrogen-bond acceptors (Lipinski definition) is 3. The zero-order valence-electron chi connectivity index (χ0n) is 16.9. The van der Waals surface area contributed by atoms with Crippen LogP contribution in [0.2, 0.25) is 5.02 Å². The topological polar surface area (TPSA) is 78.1 Å². The van der Waals surface area contributed by atoms with Gasteiger partial charge in [0.2, 0.25) is 11.8 Å². The van der Waals surface area contributed by atoms with Crippen LogP contribution in [0.25, 0.3) is 22.2 Å². The van der Waals surface area contributed by atoms with Crippen molar-refractivity contribution < 1.29 is 9.59 Å². The highest BCUT2D eigenvalue weighted by molar-refractivity contribution is 9.10. The number of pyridine rings is 1. The molecular weight excluding hydrogens is 492 g/mol. The van der Waals surface area contributed by atoms with E-state index in [0.29, 0.717) is 17.3 Å². The van der Waals surface area contributed by atoms with E-state index >= 15 is 0 Å². The monoisotopic (exact) mass is 508 g/mol. The maximum atomic E-state index is 13.4. The molecule has 2 amide bonds. The highest BCUT2D eigenvalue weighted by Gasteiger charge is 2.30. The van der Waals surface area contributed by atoms with E-state index in [2.05, 4.69) is 31.2 Å². The summed E-state index contributed by atoms with van der Waals surface area (Å²) in [4.78, 5) is 35.2. The van der Waals surface area contributed by atoms with Crippen LogP contribution in [-0.4, -0.2) is 28.3 Å². The number of aromatic amines is 1. The zero-order valence-corrected chi connectivity index (χ0v) is 19.2. The number of rotatable bonds is 4. The molecule has 32 heavy (non-hydrogen) atoms. The number of H-pyrrole nitrogens is 1. The lowest BCUT2D eigenvalue weighted by atomic mass is 10.0. The Balaban J connectivity index is 1.50. The third kappa shape index (κ3) is 3.89. The van der Waals surface area contributed by atoms with Crippen molar-refractivity contribution in [2.24, 2.45) is 0 Å². The minimum absolute atomic E-state index is 0.106. The van der Waals surface area contributed by atoms with E-state index in [1.807, 2.05) is 42.5 Å². The van der Waals surface area contributed by atoms with Crippen molar-refractivity contribution in [2.75, 3.05) is 11.4 Å². The quantitative estimate of drug-likeness (QED) is 0.413. The molecule has 1 aliphatic rings. The molecule has 3 heterocycles. The Labute approximate surface area is 197 Å². The number of benzene rings is 2. The van der Waals surface area contributed by atoms with Crippen LogP contribution in [0, 0.1) is 0 Å². The van der Waals surface area contributed by atoms with Gasteiger partial charge in [0, 0.05) is 32.2 Å². The number of amides is 2. The molecule has 1 aliphatic heterocycles. The molecule has 0 aliphatic carbocycles. The van der Waals surface area contributed by atoms with Crippen LogP contribution in [0.15, 0.2) is 65.3 Å². The van der Waals surface area contributed by atoms with Gasteiger partial charge in [0.05, 0.1) is 30.0 Å². The average molecular weight is 510 g/mol. The highest BCUT2D eigenvalue weighted by Crippen LogP contribution is 2.41. The lowest BCUT2D eigenvalue weighted by molar-refractivity contribution is -0.123. The summed E-state index contributed by atoms with van der Waals surface area (Å²) in [6.07, 6.45) is 1.85.